The van der Waals surface area contributed by atoms with Crippen LogP contribution in [0.1, 0.15) is 6.42 Å². The molecule has 0 bridgehead atoms. The van der Waals surface area contributed by atoms with Crippen LogP contribution in [0.25, 0.3) is 0 Å². The minimum Gasteiger partial charge on any atom is -0.314 e. The molecular weight excluding hydrogens is 221 g/mol. The van der Waals surface area contributed by atoms with Crippen LogP contribution in [0, 0.1) is 0 Å². The summed E-state index contributed by atoms with van der Waals surface area (Å²) in [7, 11) is 4.92. The van der Waals surface area contributed by atoms with Crippen molar-refractivity contribution in [3.63, 3.8) is 0 Å². The van der Waals surface area contributed by atoms with Gasteiger partial charge in [-0.25, -0.2) is 0 Å². The zero-order valence-electron chi connectivity index (χ0n) is 9.73. The average Bonchev–Trinajstić information content (AvgIpc) is 2.02. The lowest BCUT2D eigenvalue weighted by Crippen LogP contribution is -2.59. The molecule has 0 amide bonds. The summed E-state index contributed by atoms with van der Waals surface area (Å²) in [5.41, 5.74) is 1.69. The second-order valence-electron chi connectivity index (χ2n) is 3.99. The second kappa shape index (κ2) is 5.13. The molecule has 2 nitrogen and oxygen atoms in total. The van der Waals surface area contributed by atoms with Crippen molar-refractivity contribution in [2.45, 2.75) is 18.6 Å². The lowest BCUT2D eigenvalue weighted by Gasteiger charge is -2.40. The molecular formula is C9H19F3N2Si. The van der Waals surface area contributed by atoms with Gasteiger partial charge in [-0.05, 0) is 34.2 Å². The van der Waals surface area contributed by atoms with Gasteiger partial charge in [-0.2, -0.15) is 13.2 Å². The molecule has 0 rings (SSSR count). The van der Waals surface area contributed by atoms with Gasteiger partial charge in [0.25, 0.3) is 0 Å². The molecule has 0 aliphatic heterocycles. The van der Waals surface area contributed by atoms with Crippen LogP contribution in [-0.4, -0.2) is 51.9 Å². The molecule has 0 fully saturated rings. The van der Waals surface area contributed by atoms with Crippen LogP contribution in [0.5, 0.6) is 0 Å². The molecule has 15 heavy (non-hydrogen) atoms. The van der Waals surface area contributed by atoms with Gasteiger partial charge in [0.1, 0.15) is 0 Å². The molecule has 0 saturated carbocycles. The zero-order chi connectivity index (χ0) is 12.3. The summed E-state index contributed by atoms with van der Waals surface area (Å²) in [4.78, 5) is 0. The van der Waals surface area contributed by atoms with Crippen LogP contribution in [0.2, 0.25) is 6.04 Å². The van der Waals surface area contributed by atoms with Gasteiger partial charge < -0.3 is 9.13 Å². The Bertz CT molecular complexity index is 206. The highest BCUT2D eigenvalue weighted by Gasteiger charge is 2.40. The van der Waals surface area contributed by atoms with Crippen molar-refractivity contribution in [2.75, 3.05) is 28.2 Å². The van der Waals surface area contributed by atoms with Gasteiger partial charge in [-0.1, -0.05) is 5.70 Å². The number of halogens is 3. The van der Waals surface area contributed by atoms with Gasteiger partial charge in [0, 0.05) is 6.42 Å². The highest BCUT2D eigenvalue weighted by molar-refractivity contribution is 6.79. The van der Waals surface area contributed by atoms with E-state index in [9.17, 15) is 13.2 Å². The maximum atomic E-state index is 12.2. The maximum Gasteiger partial charge on any atom is 0.388 e. The van der Waals surface area contributed by atoms with E-state index >= 15 is 0 Å². The van der Waals surface area contributed by atoms with E-state index in [1.165, 1.54) is 0 Å². The molecule has 0 spiro atoms. The number of rotatable bonds is 5. The third kappa shape index (κ3) is 3.96. The summed E-state index contributed by atoms with van der Waals surface area (Å²) in [6.07, 6.45) is -4.84. The van der Waals surface area contributed by atoms with E-state index < -0.39 is 21.0 Å². The van der Waals surface area contributed by atoms with Gasteiger partial charge in [-0.15, -0.1) is 6.58 Å². The molecule has 0 N–H and O–H groups in total. The minimum absolute atomic E-state index is 0.125. The number of alkyl halides is 3. The van der Waals surface area contributed by atoms with Crippen LogP contribution < -0.4 is 0 Å². The van der Waals surface area contributed by atoms with Crippen LogP contribution in [0.4, 0.5) is 13.2 Å². The normalized spacial score (nSPS) is 13.7. The molecule has 0 atom stereocenters. The maximum absolute atomic E-state index is 12.2. The first-order valence-electron chi connectivity index (χ1n) is 4.71. The third-order valence-electron chi connectivity index (χ3n) is 2.65. The van der Waals surface area contributed by atoms with E-state index in [0.717, 1.165) is 0 Å². The van der Waals surface area contributed by atoms with Crippen molar-refractivity contribution in [1.29, 1.82) is 0 Å². The Morgan fingerprint density at radius 1 is 1.13 bits per heavy atom. The zero-order valence-corrected chi connectivity index (χ0v) is 10.7. The van der Waals surface area contributed by atoms with E-state index in [-0.39, 0.29) is 6.04 Å². The Labute approximate surface area is 90.5 Å². The molecule has 0 aromatic heterocycles. The van der Waals surface area contributed by atoms with Crippen LogP contribution >= 0.6 is 0 Å². The number of hydrogen-bond donors (Lipinski definition) is 0. The van der Waals surface area contributed by atoms with E-state index in [2.05, 4.69) is 6.58 Å². The first kappa shape index (κ1) is 14.7. The fourth-order valence-corrected chi connectivity index (χ4v) is 4.92. The minimum atomic E-state index is -4.09. The van der Waals surface area contributed by atoms with Crippen molar-refractivity contribution in [2.24, 2.45) is 0 Å². The van der Waals surface area contributed by atoms with Crippen molar-refractivity contribution in [3.8, 4) is 0 Å². The highest BCUT2D eigenvalue weighted by Crippen LogP contribution is 2.28. The summed E-state index contributed by atoms with van der Waals surface area (Å²) < 4.78 is 40.4. The van der Waals surface area contributed by atoms with Crippen molar-refractivity contribution < 1.29 is 13.2 Å². The van der Waals surface area contributed by atoms with E-state index in [4.69, 9.17) is 0 Å². The quantitative estimate of drug-likeness (QED) is 0.680. The van der Waals surface area contributed by atoms with E-state index in [0.29, 0.717) is 0 Å². The van der Waals surface area contributed by atoms with Gasteiger partial charge >= 0.3 is 6.18 Å². The monoisotopic (exact) mass is 240 g/mol. The molecule has 0 aromatic rings. The predicted octanol–water partition coefficient (Wildman–Crippen LogP) is 2.23. The lowest BCUT2D eigenvalue weighted by molar-refractivity contribution is -0.131. The molecule has 90 valence electrons. The first-order chi connectivity index (χ1) is 6.65. The van der Waals surface area contributed by atoms with E-state index in [1.807, 2.05) is 37.3 Å². The van der Waals surface area contributed by atoms with Gasteiger partial charge in [-0.3, -0.25) is 0 Å². The molecule has 6 heteroatoms. The summed E-state index contributed by atoms with van der Waals surface area (Å²) in [6, 6.07) is 0.125. The molecule has 0 aliphatic rings. The Morgan fingerprint density at radius 2 is 1.53 bits per heavy atom. The molecule has 0 unspecified atom stereocenters. The second-order valence-corrected chi connectivity index (χ2v) is 8.44. The Morgan fingerprint density at radius 3 is 1.73 bits per heavy atom. The molecule has 0 heterocycles. The van der Waals surface area contributed by atoms with Crippen LogP contribution in [0.3, 0.4) is 0 Å². The number of nitrogens with zero attached hydrogens (tertiary/aromatic N) is 2. The van der Waals surface area contributed by atoms with Gasteiger partial charge in [0.05, 0.1) is 0 Å². The topological polar surface area (TPSA) is 6.48 Å². The fraction of sp³-hybridized carbons (Fsp3) is 0.778. The van der Waals surface area contributed by atoms with E-state index in [1.54, 1.807) is 5.70 Å². The smallest absolute Gasteiger partial charge is 0.314 e. The SMILES string of the molecule is C=C[Si](CCC(F)(F)F)(N(C)C)N(C)C. The van der Waals surface area contributed by atoms with Crippen molar-refractivity contribution in [1.82, 2.24) is 9.13 Å². The van der Waals surface area contributed by atoms with Crippen LogP contribution in [-0.2, 0) is 0 Å². The summed E-state index contributed by atoms with van der Waals surface area (Å²) >= 11 is 0. The first-order valence-corrected chi connectivity index (χ1v) is 6.89. The number of hydrogen-bond acceptors (Lipinski definition) is 2. The third-order valence-corrected chi connectivity index (χ3v) is 7.39. The highest BCUT2D eigenvalue weighted by atomic mass is 28.3. The summed E-state index contributed by atoms with van der Waals surface area (Å²) in [5, 5.41) is 0. The molecule has 0 aliphatic carbocycles. The van der Waals surface area contributed by atoms with Crippen molar-refractivity contribution >= 4 is 8.40 Å². The summed E-state index contributed by atoms with van der Waals surface area (Å²) in [6.45, 7) is 3.69. The van der Waals surface area contributed by atoms with Gasteiger partial charge in [0.15, 0.2) is 0 Å². The lowest BCUT2D eigenvalue weighted by atomic mass is 10.5. The average molecular weight is 240 g/mol. The molecule has 0 radical (unpaired) electrons. The van der Waals surface area contributed by atoms with Crippen LogP contribution in [0.15, 0.2) is 12.3 Å². The predicted molar refractivity (Wildman–Crippen MR) is 58.8 cm³/mol. The standard InChI is InChI=1S/C9H19F3N2Si/c1-6-15(13(2)3,14(4)5)8-7-9(10,11)12/h6H,1,7-8H2,2-5H3. The molecule has 0 aromatic carbocycles. The Hall–Kier alpha value is -0.333. The largest absolute Gasteiger partial charge is 0.388 e. The van der Waals surface area contributed by atoms with Crippen molar-refractivity contribution in [3.05, 3.63) is 12.3 Å². The molecule has 0 saturated heterocycles. The Balaban J connectivity index is 4.72. The fourth-order valence-electron chi connectivity index (χ4n) is 1.64. The van der Waals surface area contributed by atoms with Gasteiger partial charge in [0.2, 0.25) is 8.40 Å². The Kier molecular flexibility index (Phi) is 5.02. The summed E-state index contributed by atoms with van der Waals surface area (Å²) in [5.74, 6) is 0.